The molecule has 1 fully saturated rings. The van der Waals surface area contributed by atoms with Crippen molar-refractivity contribution in [1.29, 1.82) is 0 Å². The molecule has 8 N–H and O–H groups in total. The summed E-state index contributed by atoms with van der Waals surface area (Å²) < 4.78 is 10.9. The molecule has 0 aromatic heterocycles. The smallest absolute Gasteiger partial charge is 0.222 e. The first-order valence-electron chi connectivity index (χ1n) is 14.4. The van der Waals surface area contributed by atoms with Crippen LogP contribution in [0.5, 0.6) is 0 Å². The summed E-state index contributed by atoms with van der Waals surface area (Å²) in [6.07, 6.45) is -1.97. The van der Waals surface area contributed by atoms with Crippen LogP contribution >= 0.6 is 0 Å². The first kappa shape index (κ1) is 36.1. The zero-order valence-corrected chi connectivity index (χ0v) is 23.6. The monoisotopic (exact) mass is 567 g/mol. The maximum Gasteiger partial charge on any atom is 0.222 e. The lowest BCUT2D eigenvalue weighted by molar-refractivity contribution is -0.320. The summed E-state index contributed by atoms with van der Waals surface area (Å²) in [6, 6.07) is 0. The van der Waals surface area contributed by atoms with Gasteiger partial charge >= 0.3 is 0 Å². The van der Waals surface area contributed by atoms with Gasteiger partial charge in [-0.15, -0.1) is 0 Å². The van der Waals surface area contributed by atoms with Gasteiger partial charge in [-0.05, 0) is 6.42 Å². The third-order valence-corrected chi connectivity index (χ3v) is 7.34. The molecule has 1 unspecified atom stereocenters. The molecule has 232 valence electrons. The zero-order valence-electron chi connectivity index (χ0n) is 23.6. The molecule has 1 aliphatic heterocycles. The van der Waals surface area contributed by atoms with Gasteiger partial charge in [0.1, 0.15) is 48.8 Å². The van der Waals surface area contributed by atoms with Crippen molar-refractivity contribution in [3.63, 3.8) is 0 Å². The lowest BCUT2D eigenvalue weighted by atomic mass is 9.98. The summed E-state index contributed by atoms with van der Waals surface area (Å²) in [6.45, 7) is 0.388. The summed E-state index contributed by atoms with van der Waals surface area (Å²) in [7, 11) is 1.48. The number of carbonyl (C=O) groups excluding carboxylic acids is 1. The largest absolute Gasteiger partial charge is 0.394 e. The van der Waals surface area contributed by atoms with Crippen LogP contribution in [0.25, 0.3) is 0 Å². The standard InChI is InChI=1S/C27H53NO11/c1-3-4-5-6-7-8-9-10-11-12-13-14-21(32)28(2)15-19(23(34)22(33)18(31)16-29)38-27-26(37)25(36)24(35)20(17-30)39-27/h18-20,22-27,29-31,33-37H,3-17H2,1-2H3/t18?,19-,20+,22+,23-,24+,25-,26+,27+/m0/s1. The molecule has 12 heteroatoms. The maximum atomic E-state index is 12.7. The Balaban J connectivity index is 2.61. The summed E-state index contributed by atoms with van der Waals surface area (Å²) in [5, 5.41) is 79.6. The quantitative estimate of drug-likeness (QED) is 0.0824. The van der Waals surface area contributed by atoms with E-state index in [1.807, 2.05) is 0 Å². The van der Waals surface area contributed by atoms with Crippen molar-refractivity contribution < 1.29 is 55.1 Å². The normalized spacial score (nSPS) is 26.7. The summed E-state index contributed by atoms with van der Waals surface area (Å²) in [5.74, 6) is -0.238. The predicted octanol–water partition coefficient (Wildman–Crippen LogP) is -0.594. The number of likely N-dealkylation sites (N-methyl/N-ethyl adjacent to an activating group) is 1. The Bertz CT molecular complexity index is 641. The molecule has 12 nitrogen and oxygen atoms in total. The third kappa shape index (κ3) is 12.6. The molecular formula is C27H53NO11. The fraction of sp³-hybridized carbons (Fsp3) is 0.963. The van der Waals surface area contributed by atoms with E-state index in [9.17, 15) is 40.5 Å². The van der Waals surface area contributed by atoms with Crippen LogP contribution in [0.3, 0.4) is 0 Å². The highest BCUT2D eigenvalue weighted by molar-refractivity contribution is 5.75. The number of unbranched alkanes of at least 4 members (excludes halogenated alkanes) is 10. The Hall–Kier alpha value is -0.930. The number of aliphatic hydroxyl groups excluding tert-OH is 8. The highest BCUT2D eigenvalue weighted by Crippen LogP contribution is 2.25. The number of hydrogen-bond acceptors (Lipinski definition) is 11. The Kier molecular flexibility index (Phi) is 18.5. The highest BCUT2D eigenvalue weighted by atomic mass is 16.7. The van der Waals surface area contributed by atoms with Gasteiger partial charge in [-0.1, -0.05) is 71.1 Å². The minimum absolute atomic E-state index is 0.238. The van der Waals surface area contributed by atoms with Crippen molar-refractivity contribution >= 4 is 5.91 Å². The van der Waals surface area contributed by atoms with E-state index in [4.69, 9.17) is 14.6 Å². The van der Waals surface area contributed by atoms with E-state index >= 15 is 0 Å². The highest BCUT2D eigenvalue weighted by Gasteiger charge is 2.46. The number of rotatable bonds is 21. The Morgan fingerprint density at radius 2 is 1.36 bits per heavy atom. The van der Waals surface area contributed by atoms with Crippen molar-refractivity contribution in [3.8, 4) is 0 Å². The fourth-order valence-corrected chi connectivity index (χ4v) is 4.64. The second-order valence-electron chi connectivity index (χ2n) is 10.7. The molecule has 0 radical (unpaired) electrons. The summed E-state index contributed by atoms with van der Waals surface area (Å²) >= 11 is 0. The van der Waals surface area contributed by atoms with Gasteiger partial charge < -0.3 is 55.2 Å². The maximum absolute atomic E-state index is 12.7. The number of aliphatic hydroxyl groups is 8. The number of amides is 1. The number of nitrogens with zero attached hydrogens (tertiary/aromatic N) is 1. The van der Waals surface area contributed by atoms with Crippen molar-refractivity contribution in [2.75, 3.05) is 26.8 Å². The van der Waals surface area contributed by atoms with E-state index < -0.39 is 68.3 Å². The molecule has 0 aliphatic carbocycles. The van der Waals surface area contributed by atoms with E-state index in [0.29, 0.717) is 6.42 Å². The van der Waals surface area contributed by atoms with Crippen molar-refractivity contribution in [2.45, 2.75) is 139 Å². The van der Waals surface area contributed by atoms with Crippen molar-refractivity contribution in [3.05, 3.63) is 0 Å². The van der Waals surface area contributed by atoms with E-state index in [1.54, 1.807) is 0 Å². The molecule has 39 heavy (non-hydrogen) atoms. The van der Waals surface area contributed by atoms with Gasteiger partial charge in [0.05, 0.1) is 13.2 Å². The molecule has 0 aromatic carbocycles. The molecule has 0 saturated carbocycles. The van der Waals surface area contributed by atoms with E-state index in [1.165, 1.54) is 56.9 Å². The van der Waals surface area contributed by atoms with Crippen LogP contribution in [-0.2, 0) is 14.3 Å². The van der Waals surface area contributed by atoms with Gasteiger partial charge in [-0.3, -0.25) is 4.79 Å². The Morgan fingerprint density at radius 3 is 1.87 bits per heavy atom. The van der Waals surface area contributed by atoms with Crippen LogP contribution in [0.2, 0.25) is 0 Å². The van der Waals surface area contributed by atoms with E-state index in [0.717, 1.165) is 19.3 Å². The molecule has 1 aliphatic rings. The number of hydrogen-bond donors (Lipinski definition) is 8. The molecular weight excluding hydrogens is 514 g/mol. The molecule has 1 rings (SSSR count). The lowest BCUT2D eigenvalue weighted by Gasteiger charge is -2.42. The van der Waals surface area contributed by atoms with Crippen molar-refractivity contribution in [2.24, 2.45) is 0 Å². The Morgan fingerprint density at radius 1 is 0.821 bits per heavy atom. The van der Waals surface area contributed by atoms with Gasteiger partial charge in [-0.2, -0.15) is 0 Å². The second-order valence-corrected chi connectivity index (χ2v) is 10.7. The van der Waals surface area contributed by atoms with Crippen LogP contribution in [-0.4, -0.2) is 134 Å². The second kappa shape index (κ2) is 20.0. The number of carbonyl (C=O) groups is 1. The molecule has 0 aromatic rings. The van der Waals surface area contributed by atoms with E-state index in [-0.39, 0.29) is 18.9 Å². The number of ether oxygens (including phenoxy) is 2. The lowest BCUT2D eigenvalue weighted by Crippen LogP contribution is -2.61. The molecule has 1 amide bonds. The van der Waals surface area contributed by atoms with Gasteiger partial charge in [0.25, 0.3) is 0 Å². The van der Waals surface area contributed by atoms with E-state index in [2.05, 4.69) is 6.92 Å². The molecule has 1 saturated heterocycles. The van der Waals surface area contributed by atoms with Crippen LogP contribution in [0.15, 0.2) is 0 Å². The van der Waals surface area contributed by atoms with Gasteiger partial charge in [-0.25, -0.2) is 0 Å². The minimum atomic E-state index is -1.86. The SMILES string of the molecule is CCCCCCCCCCCCCC(=O)N(C)C[C@H](O[C@@H]1O[C@H](CO)[C@@H](O)[C@H](O)[C@H]1O)[C@H](O)[C@H](O)C(O)CO. The molecule has 0 bridgehead atoms. The first-order valence-corrected chi connectivity index (χ1v) is 14.4. The van der Waals surface area contributed by atoms with Crippen molar-refractivity contribution in [1.82, 2.24) is 4.90 Å². The fourth-order valence-electron chi connectivity index (χ4n) is 4.64. The third-order valence-electron chi connectivity index (χ3n) is 7.34. The van der Waals surface area contributed by atoms with Crippen LogP contribution in [0.4, 0.5) is 0 Å². The van der Waals surface area contributed by atoms with Crippen LogP contribution in [0, 0.1) is 0 Å². The first-order chi connectivity index (χ1) is 18.6. The van der Waals surface area contributed by atoms with Crippen LogP contribution < -0.4 is 0 Å². The van der Waals surface area contributed by atoms with Crippen LogP contribution in [0.1, 0.15) is 84.0 Å². The topological polar surface area (TPSA) is 201 Å². The van der Waals surface area contributed by atoms with Gasteiger partial charge in [0.15, 0.2) is 6.29 Å². The Labute approximate surface area is 232 Å². The summed E-state index contributed by atoms with van der Waals surface area (Å²) in [4.78, 5) is 14.0. The predicted molar refractivity (Wildman–Crippen MR) is 142 cm³/mol. The molecule has 1 heterocycles. The minimum Gasteiger partial charge on any atom is -0.394 e. The molecule has 9 atom stereocenters. The van der Waals surface area contributed by atoms with Gasteiger partial charge in [0, 0.05) is 20.0 Å². The van der Waals surface area contributed by atoms with Gasteiger partial charge in [0.2, 0.25) is 5.91 Å². The average Bonchev–Trinajstić information content (AvgIpc) is 2.94. The average molecular weight is 568 g/mol. The molecule has 0 spiro atoms. The zero-order chi connectivity index (χ0) is 29.4. The summed E-state index contributed by atoms with van der Waals surface area (Å²) in [5.41, 5.74) is 0.